The minimum absolute atomic E-state index is 0.0463. The number of rotatable bonds is 1. The SMILES string of the molecule is C=C1CC/C(=C\N(C)C)C(=O)C1=C.CC.CC. The van der Waals surface area contributed by atoms with Gasteiger partial charge < -0.3 is 4.90 Å². The summed E-state index contributed by atoms with van der Waals surface area (Å²) in [5.41, 5.74) is 2.28. The maximum absolute atomic E-state index is 11.6. The minimum atomic E-state index is 0.0463. The molecule has 2 nitrogen and oxygen atoms in total. The van der Waals surface area contributed by atoms with E-state index in [1.165, 1.54) is 0 Å². The number of carbonyl (C=O) groups excluding carboxylic acids is 1. The molecule has 0 aromatic rings. The average Bonchev–Trinajstić information content (AvgIpc) is 2.35. The Balaban J connectivity index is 0. The third kappa shape index (κ3) is 6.10. The van der Waals surface area contributed by atoms with Crippen LogP contribution in [0.1, 0.15) is 40.5 Å². The van der Waals surface area contributed by atoms with Gasteiger partial charge in [-0.15, -0.1) is 0 Å². The van der Waals surface area contributed by atoms with E-state index >= 15 is 0 Å². The first kappa shape index (κ1) is 18.1. The molecule has 0 spiro atoms. The Morgan fingerprint density at radius 3 is 1.94 bits per heavy atom. The van der Waals surface area contributed by atoms with Gasteiger partial charge in [-0.25, -0.2) is 0 Å². The summed E-state index contributed by atoms with van der Waals surface area (Å²) in [5.74, 6) is 0.0463. The van der Waals surface area contributed by atoms with Crippen LogP contribution >= 0.6 is 0 Å². The first-order chi connectivity index (χ1) is 8.02. The molecule has 1 saturated carbocycles. The summed E-state index contributed by atoms with van der Waals surface area (Å²) < 4.78 is 0. The van der Waals surface area contributed by atoms with E-state index in [-0.39, 0.29) is 5.78 Å². The van der Waals surface area contributed by atoms with Crippen molar-refractivity contribution in [2.24, 2.45) is 0 Å². The standard InChI is InChI=1S/C11H15NO.2C2H6/c1-8-5-6-10(7-12(3)4)11(13)9(8)2;2*1-2/h7H,1-2,5-6H2,3-4H3;2*1-2H3/b10-7+;;. The van der Waals surface area contributed by atoms with Gasteiger partial charge in [0.15, 0.2) is 5.78 Å². The summed E-state index contributed by atoms with van der Waals surface area (Å²) in [6.07, 6.45) is 3.50. The van der Waals surface area contributed by atoms with E-state index in [2.05, 4.69) is 13.2 Å². The molecule has 0 amide bonds. The zero-order valence-corrected chi connectivity index (χ0v) is 12.3. The molecule has 0 unspecified atom stereocenters. The van der Waals surface area contributed by atoms with Crippen LogP contribution in [-0.2, 0) is 4.79 Å². The second-order valence-electron chi connectivity index (χ2n) is 3.53. The van der Waals surface area contributed by atoms with E-state index in [0.29, 0.717) is 5.57 Å². The van der Waals surface area contributed by atoms with E-state index < -0.39 is 0 Å². The lowest BCUT2D eigenvalue weighted by atomic mass is 9.87. The second-order valence-corrected chi connectivity index (χ2v) is 3.53. The smallest absolute Gasteiger partial charge is 0.190 e. The molecular formula is C15H27NO. The fraction of sp³-hybridized carbons (Fsp3) is 0.533. The van der Waals surface area contributed by atoms with Gasteiger partial charge >= 0.3 is 0 Å². The van der Waals surface area contributed by atoms with Gasteiger partial charge in [0, 0.05) is 31.4 Å². The Morgan fingerprint density at radius 2 is 1.53 bits per heavy atom. The summed E-state index contributed by atoms with van der Waals surface area (Å²) in [6, 6.07) is 0. The second kappa shape index (κ2) is 9.88. The molecule has 0 aliphatic heterocycles. The van der Waals surface area contributed by atoms with Gasteiger partial charge in [-0.1, -0.05) is 40.9 Å². The molecule has 0 bridgehead atoms. The molecule has 0 N–H and O–H groups in total. The van der Waals surface area contributed by atoms with Gasteiger partial charge in [0.25, 0.3) is 0 Å². The van der Waals surface area contributed by atoms with Gasteiger partial charge in [0.1, 0.15) is 0 Å². The van der Waals surface area contributed by atoms with Crippen molar-refractivity contribution in [2.45, 2.75) is 40.5 Å². The molecule has 1 aliphatic rings. The van der Waals surface area contributed by atoms with Crippen LogP contribution < -0.4 is 0 Å². The van der Waals surface area contributed by atoms with Crippen LogP contribution in [0.4, 0.5) is 0 Å². The molecule has 0 aromatic heterocycles. The fourth-order valence-corrected chi connectivity index (χ4v) is 1.34. The Labute approximate surface area is 107 Å². The highest BCUT2D eigenvalue weighted by Crippen LogP contribution is 2.27. The minimum Gasteiger partial charge on any atom is -0.383 e. The Bertz CT molecular complexity index is 298. The molecule has 1 fully saturated rings. The summed E-state index contributed by atoms with van der Waals surface area (Å²) in [4.78, 5) is 13.5. The monoisotopic (exact) mass is 237 g/mol. The summed E-state index contributed by atoms with van der Waals surface area (Å²) in [5, 5.41) is 0. The highest BCUT2D eigenvalue weighted by atomic mass is 16.1. The van der Waals surface area contributed by atoms with E-state index in [9.17, 15) is 4.79 Å². The number of hydrogen-bond donors (Lipinski definition) is 0. The van der Waals surface area contributed by atoms with Crippen molar-refractivity contribution in [2.75, 3.05) is 14.1 Å². The van der Waals surface area contributed by atoms with Gasteiger partial charge in [0.05, 0.1) is 0 Å². The predicted octanol–water partition coefficient (Wildman–Crippen LogP) is 3.96. The lowest BCUT2D eigenvalue weighted by molar-refractivity contribution is -0.112. The number of hydrogen-bond acceptors (Lipinski definition) is 2. The normalized spacial score (nSPS) is 16.8. The fourth-order valence-electron chi connectivity index (χ4n) is 1.34. The largest absolute Gasteiger partial charge is 0.383 e. The lowest BCUT2D eigenvalue weighted by Crippen LogP contribution is -2.16. The lowest BCUT2D eigenvalue weighted by Gasteiger charge is -2.19. The molecule has 0 heterocycles. The molecule has 0 radical (unpaired) electrons. The van der Waals surface area contributed by atoms with Crippen molar-refractivity contribution in [1.29, 1.82) is 0 Å². The molecule has 98 valence electrons. The predicted molar refractivity (Wildman–Crippen MR) is 77.0 cm³/mol. The Hall–Kier alpha value is -1.31. The Kier molecular flexibility index (Phi) is 10.5. The van der Waals surface area contributed by atoms with Crippen molar-refractivity contribution in [3.8, 4) is 0 Å². The van der Waals surface area contributed by atoms with E-state index in [1.54, 1.807) is 0 Å². The molecule has 1 aliphatic carbocycles. The van der Waals surface area contributed by atoms with Crippen molar-refractivity contribution in [3.63, 3.8) is 0 Å². The van der Waals surface area contributed by atoms with Crippen molar-refractivity contribution >= 4 is 5.78 Å². The maximum atomic E-state index is 11.6. The van der Waals surface area contributed by atoms with Crippen molar-refractivity contribution in [1.82, 2.24) is 4.90 Å². The van der Waals surface area contributed by atoms with E-state index in [0.717, 1.165) is 24.0 Å². The van der Waals surface area contributed by atoms with E-state index in [1.807, 2.05) is 52.9 Å². The number of nitrogens with zero attached hydrogens (tertiary/aromatic N) is 1. The third-order valence-corrected chi connectivity index (χ3v) is 2.10. The zero-order valence-electron chi connectivity index (χ0n) is 12.3. The first-order valence-electron chi connectivity index (χ1n) is 6.31. The van der Waals surface area contributed by atoms with Crippen molar-refractivity contribution in [3.05, 3.63) is 36.1 Å². The van der Waals surface area contributed by atoms with Crippen LogP contribution in [0.3, 0.4) is 0 Å². The first-order valence-corrected chi connectivity index (χ1v) is 6.31. The molecule has 1 rings (SSSR count). The molecule has 17 heavy (non-hydrogen) atoms. The summed E-state index contributed by atoms with van der Waals surface area (Å²) >= 11 is 0. The zero-order chi connectivity index (χ0) is 14.0. The van der Waals surface area contributed by atoms with Gasteiger partial charge in [-0.2, -0.15) is 0 Å². The highest BCUT2D eigenvalue weighted by Gasteiger charge is 2.21. The van der Waals surface area contributed by atoms with Gasteiger partial charge in [0.2, 0.25) is 0 Å². The summed E-state index contributed by atoms with van der Waals surface area (Å²) in [7, 11) is 3.82. The molecular weight excluding hydrogens is 210 g/mol. The third-order valence-electron chi connectivity index (χ3n) is 2.10. The van der Waals surface area contributed by atoms with Gasteiger partial charge in [-0.05, 0) is 18.4 Å². The number of Topliss-reactive ketones (excluding diaryl/α,β-unsaturated/α-hetero) is 1. The summed E-state index contributed by atoms with van der Waals surface area (Å²) in [6.45, 7) is 15.5. The Morgan fingerprint density at radius 1 is 1.06 bits per heavy atom. The van der Waals surface area contributed by atoms with Crippen LogP contribution in [0.2, 0.25) is 0 Å². The quantitative estimate of drug-likeness (QED) is 0.643. The van der Waals surface area contributed by atoms with E-state index in [4.69, 9.17) is 0 Å². The molecule has 2 heteroatoms. The molecule has 0 atom stereocenters. The molecule has 0 saturated heterocycles. The van der Waals surface area contributed by atoms with Crippen LogP contribution in [0.25, 0.3) is 0 Å². The van der Waals surface area contributed by atoms with Crippen LogP contribution in [0.15, 0.2) is 36.1 Å². The van der Waals surface area contributed by atoms with Crippen molar-refractivity contribution < 1.29 is 4.79 Å². The number of carbonyl (C=O) groups is 1. The molecule has 0 aromatic carbocycles. The van der Waals surface area contributed by atoms with Crippen LogP contribution in [0.5, 0.6) is 0 Å². The number of ketones is 1. The highest BCUT2D eigenvalue weighted by molar-refractivity contribution is 6.11. The number of allylic oxidation sites excluding steroid dienone is 3. The van der Waals surface area contributed by atoms with Crippen LogP contribution in [0, 0.1) is 0 Å². The van der Waals surface area contributed by atoms with Crippen LogP contribution in [-0.4, -0.2) is 24.8 Å². The average molecular weight is 237 g/mol. The maximum Gasteiger partial charge on any atom is 0.190 e. The topological polar surface area (TPSA) is 20.3 Å². The van der Waals surface area contributed by atoms with Gasteiger partial charge in [-0.3, -0.25) is 4.79 Å².